The number of alkyl halides is 1. The lowest BCUT2D eigenvalue weighted by Crippen LogP contribution is -2.49. The number of methoxy groups -OCH3 is 2. The number of ether oxygens (including phenoxy) is 2. The Morgan fingerprint density at radius 3 is 2.29 bits per heavy atom. The molecule has 8 heteroatoms. The van der Waals surface area contributed by atoms with Gasteiger partial charge in [-0.15, -0.1) is 0 Å². The van der Waals surface area contributed by atoms with Gasteiger partial charge in [0.05, 0.1) is 20.6 Å². The molecule has 24 heavy (non-hydrogen) atoms. The maximum Gasteiger partial charge on any atom is 0.328 e. The first kappa shape index (κ1) is 19.1. The highest BCUT2D eigenvalue weighted by molar-refractivity contribution is 5.94. The summed E-state index contributed by atoms with van der Waals surface area (Å²) in [5.74, 6) is -3.13. The Bertz CT molecular complexity index is 668. The molecule has 1 aromatic carbocycles. The van der Waals surface area contributed by atoms with Gasteiger partial charge >= 0.3 is 11.9 Å². The smallest absolute Gasteiger partial charge is 0.328 e. The first-order valence-corrected chi connectivity index (χ1v) is 6.91. The van der Waals surface area contributed by atoms with Gasteiger partial charge in [-0.25, -0.2) is 9.18 Å². The minimum absolute atomic E-state index is 0.185. The second-order valence-corrected chi connectivity index (χ2v) is 4.97. The van der Waals surface area contributed by atoms with E-state index in [4.69, 9.17) is 5.26 Å². The number of carbonyl (C=O) groups is 3. The molecule has 0 heterocycles. The van der Waals surface area contributed by atoms with Gasteiger partial charge in [-0.2, -0.15) is 5.26 Å². The van der Waals surface area contributed by atoms with E-state index in [1.807, 2.05) is 5.32 Å². The van der Waals surface area contributed by atoms with Crippen LogP contribution >= 0.6 is 0 Å². The fraction of sp³-hybridized carbons (Fsp3) is 0.375. The van der Waals surface area contributed by atoms with Gasteiger partial charge in [0.1, 0.15) is 12.1 Å². The van der Waals surface area contributed by atoms with E-state index < -0.39 is 36.0 Å². The van der Waals surface area contributed by atoms with Crippen molar-refractivity contribution < 1.29 is 28.2 Å². The van der Waals surface area contributed by atoms with Crippen LogP contribution in [0.1, 0.15) is 17.5 Å². The van der Waals surface area contributed by atoms with Crippen LogP contribution in [0.4, 0.5) is 4.39 Å². The molecule has 0 saturated heterocycles. The number of rotatable bonds is 6. The number of halogens is 1. The summed E-state index contributed by atoms with van der Waals surface area (Å²) in [6.45, 7) is 1.76. The van der Waals surface area contributed by atoms with Crippen molar-refractivity contribution >= 4 is 17.8 Å². The standard InChI is InChI=1S/C16H17FN2O5/c1-10-4-6-11(7-5-10)16(17,9-18)15(22)19-12(14(21)24-3)8-13(20)23-2/h4-7,12H,8H2,1-3H3,(H,19,22)/t12-,16?/m0/s1. The van der Waals surface area contributed by atoms with Crippen molar-refractivity contribution in [2.75, 3.05) is 14.2 Å². The van der Waals surface area contributed by atoms with Crippen LogP contribution in [0, 0.1) is 18.3 Å². The summed E-state index contributed by atoms with van der Waals surface area (Å²) in [5.41, 5.74) is -2.39. The van der Waals surface area contributed by atoms with Crippen LogP contribution in [0.25, 0.3) is 0 Å². The molecule has 0 fully saturated rings. The van der Waals surface area contributed by atoms with E-state index in [9.17, 15) is 18.8 Å². The quantitative estimate of drug-likeness (QED) is 0.774. The zero-order chi connectivity index (χ0) is 18.3. The number of esters is 2. The molecule has 0 radical (unpaired) electrons. The molecule has 2 atom stereocenters. The second-order valence-electron chi connectivity index (χ2n) is 4.97. The average molecular weight is 336 g/mol. The molecule has 7 nitrogen and oxygen atoms in total. The molecule has 1 unspecified atom stereocenters. The average Bonchev–Trinajstić information content (AvgIpc) is 2.59. The first-order chi connectivity index (χ1) is 11.3. The molecule has 0 aromatic heterocycles. The van der Waals surface area contributed by atoms with Crippen LogP contribution in [-0.2, 0) is 29.5 Å². The van der Waals surface area contributed by atoms with Crippen molar-refractivity contribution in [3.05, 3.63) is 35.4 Å². The highest BCUT2D eigenvalue weighted by Crippen LogP contribution is 2.26. The van der Waals surface area contributed by atoms with Gasteiger partial charge in [-0.1, -0.05) is 29.8 Å². The number of amides is 1. The Labute approximate surface area is 138 Å². The number of nitriles is 1. The van der Waals surface area contributed by atoms with Gasteiger partial charge in [0.25, 0.3) is 11.6 Å². The summed E-state index contributed by atoms with van der Waals surface area (Å²) in [6.07, 6.45) is -0.551. The number of hydrogen-bond donors (Lipinski definition) is 1. The third-order valence-electron chi connectivity index (χ3n) is 3.31. The predicted molar refractivity (Wildman–Crippen MR) is 80.2 cm³/mol. The lowest BCUT2D eigenvalue weighted by molar-refractivity contribution is -0.151. The largest absolute Gasteiger partial charge is 0.469 e. The molecule has 0 saturated carbocycles. The van der Waals surface area contributed by atoms with E-state index in [-0.39, 0.29) is 5.56 Å². The van der Waals surface area contributed by atoms with Crippen molar-refractivity contribution in [3.63, 3.8) is 0 Å². The van der Waals surface area contributed by atoms with Crippen molar-refractivity contribution in [3.8, 4) is 6.07 Å². The summed E-state index contributed by atoms with van der Waals surface area (Å²) in [5, 5.41) is 11.1. The Kier molecular flexibility index (Phi) is 6.41. The summed E-state index contributed by atoms with van der Waals surface area (Å²) >= 11 is 0. The molecule has 0 bridgehead atoms. The molecule has 0 aliphatic rings. The lowest BCUT2D eigenvalue weighted by atomic mass is 9.95. The van der Waals surface area contributed by atoms with Crippen molar-refractivity contribution in [1.29, 1.82) is 5.26 Å². The molecule has 1 N–H and O–H groups in total. The Morgan fingerprint density at radius 2 is 1.83 bits per heavy atom. The van der Waals surface area contributed by atoms with E-state index in [0.717, 1.165) is 19.8 Å². The third-order valence-corrected chi connectivity index (χ3v) is 3.31. The van der Waals surface area contributed by atoms with Gasteiger partial charge in [-0.3, -0.25) is 9.59 Å². The van der Waals surface area contributed by atoms with Gasteiger partial charge in [-0.05, 0) is 6.92 Å². The maximum absolute atomic E-state index is 14.9. The van der Waals surface area contributed by atoms with E-state index in [0.29, 0.717) is 0 Å². The molecule has 0 spiro atoms. The Morgan fingerprint density at radius 1 is 1.25 bits per heavy atom. The first-order valence-electron chi connectivity index (χ1n) is 6.91. The summed E-state index contributed by atoms with van der Waals surface area (Å²) < 4.78 is 23.8. The van der Waals surface area contributed by atoms with E-state index >= 15 is 0 Å². The van der Waals surface area contributed by atoms with Crippen LogP contribution < -0.4 is 5.32 Å². The highest BCUT2D eigenvalue weighted by atomic mass is 19.1. The van der Waals surface area contributed by atoms with Crippen LogP contribution in [-0.4, -0.2) is 38.1 Å². The molecule has 0 aliphatic carbocycles. The third kappa shape index (κ3) is 4.29. The summed E-state index contributed by atoms with van der Waals surface area (Å²) in [4.78, 5) is 35.2. The fourth-order valence-electron chi connectivity index (χ4n) is 1.87. The fourth-order valence-corrected chi connectivity index (χ4v) is 1.87. The Hall–Kier alpha value is -2.95. The van der Waals surface area contributed by atoms with E-state index in [1.165, 1.54) is 18.2 Å². The van der Waals surface area contributed by atoms with Gasteiger partial charge in [0, 0.05) is 5.56 Å². The van der Waals surface area contributed by atoms with Crippen molar-refractivity contribution in [1.82, 2.24) is 5.32 Å². The zero-order valence-corrected chi connectivity index (χ0v) is 13.5. The number of aryl methyl sites for hydroxylation is 1. The lowest BCUT2D eigenvalue weighted by Gasteiger charge is -2.21. The zero-order valence-electron chi connectivity index (χ0n) is 13.5. The number of nitrogens with zero attached hydrogens (tertiary/aromatic N) is 1. The van der Waals surface area contributed by atoms with Gasteiger partial charge in [0.15, 0.2) is 0 Å². The normalized spacial score (nSPS) is 13.8. The molecule has 128 valence electrons. The molecular weight excluding hydrogens is 319 g/mol. The van der Waals surface area contributed by atoms with Crippen molar-refractivity contribution in [2.45, 2.75) is 25.1 Å². The number of carbonyl (C=O) groups excluding carboxylic acids is 3. The number of benzene rings is 1. The van der Waals surface area contributed by atoms with Crippen molar-refractivity contribution in [2.24, 2.45) is 0 Å². The van der Waals surface area contributed by atoms with Crippen LogP contribution in [0.2, 0.25) is 0 Å². The Balaban J connectivity index is 3.06. The topological polar surface area (TPSA) is 105 Å². The SMILES string of the molecule is COC(=O)C[C@H](NC(=O)C(F)(C#N)c1ccc(C)cc1)C(=O)OC. The van der Waals surface area contributed by atoms with Gasteiger partial charge in [0.2, 0.25) is 0 Å². The number of hydrogen-bond acceptors (Lipinski definition) is 6. The maximum atomic E-state index is 14.9. The monoisotopic (exact) mass is 336 g/mol. The molecule has 1 rings (SSSR count). The van der Waals surface area contributed by atoms with Crippen LogP contribution in [0.3, 0.4) is 0 Å². The molecule has 0 aliphatic heterocycles. The minimum atomic E-state index is -3.02. The predicted octanol–water partition coefficient (Wildman–Crippen LogP) is 0.904. The van der Waals surface area contributed by atoms with Gasteiger partial charge < -0.3 is 14.8 Å². The minimum Gasteiger partial charge on any atom is -0.469 e. The second kappa shape index (κ2) is 8.06. The highest BCUT2D eigenvalue weighted by Gasteiger charge is 2.43. The van der Waals surface area contributed by atoms with Crippen LogP contribution in [0.15, 0.2) is 24.3 Å². The van der Waals surface area contributed by atoms with E-state index in [2.05, 4.69) is 9.47 Å². The molecule has 1 aromatic rings. The van der Waals surface area contributed by atoms with E-state index in [1.54, 1.807) is 19.1 Å². The number of nitrogens with one attached hydrogen (secondary N) is 1. The summed E-state index contributed by atoms with van der Waals surface area (Å²) in [6, 6.07) is 5.51. The molecule has 1 amide bonds. The van der Waals surface area contributed by atoms with Crippen LogP contribution in [0.5, 0.6) is 0 Å². The summed E-state index contributed by atoms with van der Waals surface area (Å²) in [7, 11) is 2.14. The molecular formula is C16H17FN2O5.